The molecule has 0 aliphatic heterocycles. The third-order valence-corrected chi connectivity index (χ3v) is 5.03. The molecule has 3 N–H and O–H groups in total. The summed E-state index contributed by atoms with van der Waals surface area (Å²) in [4.78, 5) is 13.6. The van der Waals surface area contributed by atoms with Gasteiger partial charge in [-0.15, -0.1) is 11.3 Å². The molecule has 2 aromatic heterocycles. The van der Waals surface area contributed by atoms with E-state index in [1.807, 2.05) is 0 Å². The van der Waals surface area contributed by atoms with Gasteiger partial charge in [0.25, 0.3) is 0 Å². The zero-order valence-electron chi connectivity index (χ0n) is 12.0. The number of nitrogen functional groups attached to an aromatic ring is 1. The molecule has 20 heavy (non-hydrogen) atoms. The van der Waals surface area contributed by atoms with Crippen molar-refractivity contribution in [3.05, 3.63) is 10.9 Å². The first-order valence-corrected chi connectivity index (χ1v) is 7.98. The van der Waals surface area contributed by atoms with E-state index < -0.39 is 0 Å². The van der Waals surface area contributed by atoms with Crippen molar-refractivity contribution in [1.29, 1.82) is 0 Å². The number of nitrogens with two attached hydrogens (primary N) is 1. The first kappa shape index (κ1) is 13.6. The minimum absolute atomic E-state index is 0.497. The maximum Gasteiger partial charge on any atom is 0.240 e. The molecule has 5 nitrogen and oxygen atoms in total. The predicted octanol–water partition coefficient (Wildman–Crippen LogP) is 3.05. The number of aromatic nitrogens is 2. The van der Waals surface area contributed by atoms with Crippen molar-refractivity contribution in [2.24, 2.45) is 5.84 Å². The van der Waals surface area contributed by atoms with E-state index in [9.17, 15) is 0 Å². The van der Waals surface area contributed by atoms with E-state index in [1.54, 1.807) is 11.3 Å². The number of hydrogen-bond donors (Lipinski definition) is 2. The van der Waals surface area contributed by atoms with E-state index in [2.05, 4.69) is 40.3 Å². The summed E-state index contributed by atoms with van der Waals surface area (Å²) in [6.07, 6.45) is 6.48. The van der Waals surface area contributed by atoms with Crippen LogP contribution in [0.3, 0.4) is 0 Å². The molecule has 0 atom stereocenters. The lowest BCUT2D eigenvalue weighted by Gasteiger charge is -2.32. The fraction of sp³-hybridized carbons (Fsp3) is 0.571. The molecule has 108 valence electrons. The molecule has 3 rings (SSSR count). The highest BCUT2D eigenvalue weighted by Crippen LogP contribution is 2.34. The average molecular weight is 291 g/mol. The minimum atomic E-state index is 0.497. The average Bonchev–Trinajstić information content (AvgIpc) is 2.86. The number of thiophene rings is 1. The summed E-state index contributed by atoms with van der Waals surface area (Å²) in [5.74, 6) is 7.00. The van der Waals surface area contributed by atoms with Gasteiger partial charge in [0.05, 0.1) is 5.39 Å². The molecule has 0 unspecified atom stereocenters. The molecule has 1 aliphatic carbocycles. The summed E-state index contributed by atoms with van der Waals surface area (Å²) >= 11 is 1.69. The Labute approximate surface area is 123 Å². The van der Waals surface area contributed by atoms with Crippen molar-refractivity contribution >= 4 is 33.3 Å². The maximum atomic E-state index is 5.51. The quantitative estimate of drug-likeness (QED) is 0.672. The Morgan fingerprint density at radius 1 is 1.30 bits per heavy atom. The minimum Gasteiger partial charge on any atom is -0.356 e. The van der Waals surface area contributed by atoms with Gasteiger partial charge in [0, 0.05) is 18.0 Å². The summed E-state index contributed by atoms with van der Waals surface area (Å²) < 4.78 is 0. The van der Waals surface area contributed by atoms with Gasteiger partial charge in [-0.1, -0.05) is 19.3 Å². The van der Waals surface area contributed by atoms with Crippen molar-refractivity contribution in [2.45, 2.75) is 45.1 Å². The van der Waals surface area contributed by atoms with Gasteiger partial charge in [-0.3, -0.25) is 5.43 Å². The summed E-state index contributed by atoms with van der Waals surface area (Å²) in [5, 5.41) is 1.14. The van der Waals surface area contributed by atoms with Gasteiger partial charge in [0.15, 0.2) is 0 Å². The second-order valence-electron chi connectivity index (χ2n) is 5.49. The van der Waals surface area contributed by atoms with E-state index in [0.717, 1.165) is 16.0 Å². The van der Waals surface area contributed by atoms with Crippen LogP contribution >= 0.6 is 11.3 Å². The van der Waals surface area contributed by atoms with E-state index in [4.69, 9.17) is 5.84 Å². The number of rotatable bonds is 3. The Morgan fingerprint density at radius 2 is 2.05 bits per heavy atom. The lowest BCUT2D eigenvalue weighted by Crippen LogP contribution is -2.34. The van der Waals surface area contributed by atoms with E-state index >= 15 is 0 Å². The number of aryl methyl sites for hydroxylation is 1. The van der Waals surface area contributed by atoms with Crippen molar-refractivity contribution in [3.63, 3.8) is 0 Å². The highest BCUT2D eigenvalue weighted by molar-refractivity contribution is 7.18. The van der Waals surface area contributed by atoms with Gasteiger partial charge in [-0.05, 0) is 25.8 Å². The largest absolute Gasteiger partial charge is 0.356 e. The second-order valence-corrected chi connectivity index (χ2v) is 6.73. The van der Waals surface area contributed by atoms with Crippen molar-refractivity contribution in [1.82, 2.24) is 9.97 Å². The SMILES string of the molecule is Cc1cc2c(N(C)C3CCCCC3)nc(NN)nc2s1. The fourth-order valence-electron chi connectivity index (χ4n) is 3.00. The summed E-state index contributed by atoms with van der Waals surface area (Å²) in [7, 11) is 2.14. The summed E-state index contributed by atoms with van der Waals surface area (Å²) in [6.45, 7) is 2.10. The number of fused-ring (bicyclic) bond motifs is 1. The van der Waals surface area contributed by atoms with Crippen LogP contribution in [0.1, 0.15) is 37.0 Å². The lowest BCUT2D eigenvalue weighted by atomic mass is 9.94. The van der Waals surface area contributed by atoms with Crippen LogP contribution in [0, 0.1) is 6.92 Å². The number of nitrogens with one attached hydrogen (secondary N) is 1. The molecule has 1 aliphatic rings. The first-order valence-electron chi connectivity index (χ1n) is 7.16. The molecule has 1 saturated carbocycles. The van der Waals surface area contributed by atoms with E-state index in [1.165, 1.54) is 37.0 Å². The molecule has 0 amide bonds. The molecule has 1 fully saturated rings. The van der Waals surface area contributed by atoms with Crippen LogP contribution in [0.15, 0.2) is 6.07 Å². The molecular weight excluding hydrogens is 270 g/mol. The van der Waals surface area contributed by atoms with Crippen LogP contribution in [0.25, 0.3) is 10.2 Å². The molecule has 2 heterocycles. The van der Waals surface area contributed by atoms with Gasteiger partial charge in [-0.25, -0.2) is 10.8 Å². The van der Waals surface area contributed by atoms with Crippen LogP contribution in [0.4, 0.5) is 11.8 Å². The standard InChI is InChI=1S/C14H21N5S/c1-9-8-11-12(16-14(18-15)17-13(11)20-9)19(2)10-6-4-3-5-7-10/h8,10H,3-7,15H2,1-2H3,(H,16,17,18). The summed E-state index contributed by atoms with van der Waals surface area (Å²) in [6, 6.07) is 2.75. The molecule has 0 radical (unpaired) electrons. The molecular formula is C14H21N5S. The molecule has 0 saturated heterocycles. The molecule has 0 aromatic carbocycles. The molecule has 2 aromatic rings. The lowest BCUT2D eigenvalue weighted by molar-refractivity contribution is 0.426. The van der Waals surface area contributed by atoms with Crippen molar-refractivity contribution in [2.75, 3.05) is 17.4 Å². The Kier molecular flexibility index (Phi) is 3.76. The number of hydrazine groups is 1. The van der Waals surface area contributed by atoms with Gasteiger partial charge < -0.3 is 4.90 Å². The van der Waals surface area contributed by atoms with Crippen molar-refractivity contribution < 1.29 is 0 Å². The van der Waals surface area contributed by atoms with Gasteiger partial charge in [0.2, 0.25) is 5.95 Å². The number of hydrogen-bond acceptors (Lipinski definition) is 6. The highest BCUT2D eigenvalue weighted by atomic mass is 32.1. The Balaban J connectivity index is 2.03. The van der Waals surface area contributed by atoms with Gasteiger partial charge >= 0.3 is 0 Å². The normalized spacial score (nSPS) is 16.6. The third kappa shape index (κ3) is 2.45. The van der Waals surface area contributed by atoms with Gasteiger partial charge in [0.1, 0.15) is 10.6 Å². The fourth-order valence-corrected chi connectivity index (χ4v) is 3.88. The van der Waals surface area contributed by atoms with Crippen LogP contribution in [0.2, 0.25) is 0 Å². The zero-order valence-corrected chi connectivity index (χ0v) is 12.8. The van der Waals surface area contributed by atoms with Crippen LogP contribution < -0.4 is 16.2 Å². The molecule has 0 bridgehead atoms. The predicted molar refractivity (Wildman–Crippen MR) is 85.2 cm³/mol. The highest BCUT2D eigenvalue weighted by Gasteiger charge is 2.22. The van der Waals surface area contributed by atoms with E-state index in [-0.39, 0.29) is 0 Å². The molecule has 0 spiro atoms. The van der Waals surface area contributed by atoms with Crippen LogP contribution in [-0.4, -0.2) is 23.1 Å². The monoisotopic (exact) mass is 291 g/mol. The summed E-state index contributed by atoms with van der Waals surface area (Å²) in [5.41, 5.74) is 2.58. The number of anilines is 2. The molecule has 6 heteroatoms. The smallest absolute Gasteiger partial charge is 0.240 e. The Hall–Kier alpha value is -1.40. The van der Waals surface area contributed by atoms with Crippen molar-refractivity contribution in [3.8, 4) is 0 Å². The third-order valence-electron chi connectivity index (χ3n) is 4.08. The van der Waals surface area contributed by atoms with Crippen LogP contribution in [-0.2, 0) is 0 Å². The van der Waals surface area contributed by atoms with Crippen LogP contribution in [0.5, 0.6) is 0 Å². The zero-order chi connectivity index (χ0) is 14.1. The Morgan fingerprint density at radius 3 is 2.75 bits per heavy atom. The second kappa shape index (κ2) is 5.54. The first-order chi connectivity index (χ1) is 9.69. The van der Waals surface area contributed by atoms with Gasteiger partial charge in [-0.2, -0.15) is 4.98 Å². The Bertz CT molecular complexity index is 603. The van der Waals surface area contributed by atoms with E-state index in [0.29, 0.717) is 12.0 Å². The number of nitrogens with zero attached hydrogens (tertiary/aromatic N) is 3. The topological polar surface area (TPSA) is 67.1 Å². The maximum absolute atomic E-state index is 5.51.